The molecule has 0 atom stereocenters. The molecule has 1 aromatic carbocycles. The highest BCUT2D eigenvalue weighted by Gasteiger charge is 2.14. The van der Waals surface area contributed by atoms with E-state index in [9.17, 15) is 4.79 Å². The summed E-state index contributed by atoms with van der Waals surface area (Å²) >= 11 is 0. The normalized spacial score (nSPS) is 13.6. The summed E-state index contributed by atoms with van der Waals surface area (Å²) < 4.78 is 0. The van der Waals surface area contributed by atoms with E-state index in [4.69, 9.17) is 0 Å². The molecule has 0 spiro atoms. The largest absolute Gasteiger partial charge is 0.309 e. The molecule has 3 rings (SSSR count). The fourth-order valence-corrected chi connectivity index (χ4v) is 2.32. The number of amides is 1. The number of carbonyl (C=O) groups excluding carboxylic acids is 1. The maximum absolute atomic E-state index is 12.2. The molecule has 0 radical (unpaired) electrons. The summed E-state index contributed by atoms with van der Waals surface area (Å²) in [7, 11) is 0. The third-order valence-corrected chi connectivity index (χ3v) is 3.56. The predicted octanol–water partition coefficient (Wildman–Crippen LogP) is 2.39. The molecule has 5 heteroatoms. The van der Waals surface area contributed by atoms with Crippen LogP contribution in [0.15, 0.2) is 24.3 Å². The number of hydrogen-bond donors (Lipinski definition) is 3. The van der Waals surface area contributed by atoms with Gasteiger partial charge in [0.15, 0.2) is 5.82 Å². The van der Waals surface area contributed by atoms with Crippen molar-refractivity contribution in [1.82, 2.24) is 15.5 Å². The number of benzene rings is 1. The Morgan fingerprint density at radius 2 is 2.05 bits per heavy atom. The first kappa shape index (κ1) is 12.9. The van der Waals surface area contributed by atoms with E-state index >= 15 is 0 Å². The number of fused-ring (bicyclic) bond motifs is 1. The first-order chi connectivity index (χ1) is 9.63. The summed E-state index contributed by atoms with van der Waals surface area (Å²) in [6, 6.07) is 7.68. The van der Waals surface area contributed by atoms with Crippen LogP contribution in [0.25, 0.3) is 0 Å². The maximum atomic E-state index is 12.2. The van der Waals surface area contributed by atoms with Crippen molar-refractivity contribution >= 4 is 11.7 Å². The van der Waals surface area contributed by atoms with Gasteiger partial charge < -0.3 is 10.6 Å². The van der Waals surface area contributed by atoms with Gasteiger partial charge in [0.05, 0.1) is 0 Å². The average molecular weight is 270 g/mol. The zero-order chi connectivity index (χ0) is 14.1. The van der Waals surface area contributed by atoms with Crippen LogP contribution < -0.4 is 10.6 Å². The van der Waals surface area contributed by atoms with Crippen LogP contribution in [-0.2, 0) is 13.1 Å². The predicted molar refractivity (Wildman–Crippen MR) is 77.6 cm³/mol. The van der Waals surface area contributed by atoms with Crippen molar-refractivity contribution in [2.75, 3.05) is 5.32 Å². The second-order valence-electron chi connectivity index (χ2n) is 5.40. The minimum atomic E-state index is -0.124. The van der Waals surface area contributed by atoms with E-state index in [0.717, 1.165) is 18.8 Å². The third-order valence-electron chi connectivity index (χ3n) is 3.56. The molecule has 1 amide bonds. The molecular weight excluding hydrogens is 252 g/mol. The van der Waals surface area contributed by atoms with Crippen LogP contribution in [0.2, 0.25) is 0 Å². The third kappa shape index (κ3) is 2.44. The Hall–Kier alpha value is -2.14. The van der Waals surface area contributed by atoms with Gasteiger partial charge in [0.25, 0.3) is 5.91 Å². The monoisotopic (exact) mass is 270 g/mol. The molecule has 0 saturated carbocycles. The van der Waals surface area contributed by atoms with Crippen molar-refractivity contribution in [2.24, 2.45) is 0 Å². The first-order valence-corrected chi connectivity index (χ1v) is 6.82. The minimum absolute atomic E-state index is 0.124. The molecule has 0 fully saturated rings. The summed E-state index contributed by atoms with van der Waals surface area (Å²) in [5.41, 5.74) is 4.14. The van der Waals surface area contributed by atoms with Crippen LogP contribution in [0.3, 0.4) is 0 Å². The number of nitrogens with zero attached hydrogens (tertiary/aromatic N) is 1. The van der Waals surface area contributed by atoms with Crippen molar-refractivity contribution in [3.63, 3.8) is 0 Å². The number of hydrogen-bond acceptors (Lipinski definition) is 3. The van der Waals surface area contributed by atoms with Gasteiger partial charge in [-0.2, -0.15) is 5.10 Å². The lowest BCUT2D eigenvalue weighted by Gasteiger charge is -2.04. The van der Waals surface area contributed by atoms with Crippen LogP contribution in [0.1, 0.15) is 46.9 Å². The van der Waals surface area contributed by atoms with E-state index in [1.807, 2.05) is 24.3 Å². The molecule has 0 bridgehead atoms. The van der Waals surface area contributed by atoms with E-state index < -0.39 is 0 Å². The van der Waals surface area contributed by atoms with E-state index in [-0.39, 0.29) is 5.91 Å². The molecule has 104 valence electrons. The molecule has 1 aromatic heterocycles. The minimum Gasteiger partial charge on any atom is -0.309 e. The van der Waals surface area contributed by atoms with E-state index in [1.165, 1.54) is 11.1 Å². The lowest BCUT2D eigenvalue weighted by molar-refractivity contribution is 0.102. The van der Waals surface area contributed by atoms with Crippen molar-refractivity contribution < 1.29 is 4.79 Å². The molecule has 0 unspecified atom stereocenters. The fraction of sp³-hybridized carbons (Fsp3) is 0.333. The number of rotatable bonds is 3. The molecule has 1 aliphatic rings. The summed E-state index contributed by atoms with van der Waals surface area (Å²) in [6.45, 7) is 5.87. The zero-order valence-electron chi connectivity index (χ0n) is 11.7. The van der Waals surface area contributed by atoms with Gasteiger partial charge in [0, 0.05) is 30.4 Å². The Labute approximate surface area is 117 Å². The quantitative estimate of drug-likeness (QED) is 0.802. The summed E-state index contributed by atoms with van der Waals surface area (Å²) in [5, 5.41) is 13.1. The summed E-state index contributed by atoms with van der Waals surface area (Å²) in [5.74, 6) is 0.804. The van der Waals surface area contributed by atoms with Crippen LogP contribution in [0, 0.1) is 0 Å². The molecule has 1 aliphatic heterocycles. The zero-order valence-corrected chi connectivity index (χ0v) is 11.7. The first-order valence-electron chi connectivity index (χ1n) is 6.82. The Morgan fingerprint density at radius 1 is 1.25 bits per heavy atom. The second kappa shape index (κ2) is 5.09. The topological polar surface area (TPSA) is 69.8 Å². The van der Waals surface area contributed by atoms with Gasteiger partial charge in [-0.25, -0.2) is 0 Å². The maximum Gasteiger partial charge on any atom is 0.256 e. The average Bonchev–Trinajstić information content (AvgIpc) is 3.05. The summed E-state index contributed by atoms with van der Waals surface area (Å²) in [4.78, 5) is 12.2. The number of nitrogens with one attached hydrogen (secondary N) is 3. The Bertz CT molecular complexity index is 645. The van der Waals surface area contributed by atoms with Crippen molar-refractivity contribution in [3.8, 4) is 0 Å². The van der Waals surface area contributed by atoms with Gasteiger partial charge in [-0.1, -0.05) is 19.9 Å². The van der Waals surface area contributed by atoms with Gasteiger partial charge in [-0.15, -0.1) is 0 Å². The number of H-pyrrole nitrogens is 1. The lowest BCUT2D eigenvalue weighted by Crippen LogP contribution is -2.12. The Balaban J connectivity index is 1.75. The van der Waals surface area contributed by atoms with Gasteiger partial charge in [-0.3, -0.25) is 9.89 Å². The van der Waals surface area contributed by atoms with E-state index in [1.54, 1.807) is 0 Å². The van der Waals surface area contributed by atoms with Gasteiger partial charge >= 0.3 is 0 Å². The molecule has 0 aliphatic carbocycles. The molecule has 0 saturated heterocycles. The molecule has 20 heavy (non-hydrogen) atoms. The standard InChI is InChI=1S/C15H18N4O/c1-9(2)13-6-14(19-18-13)17-15(20)10-3-4-11-7-16-8-12(11)5-10/h3-6,9,16H,7-8H2,1-2H3,(H2,17,18,19,20). The van der Waals surface area contributed by atoms with Crippen LogP contribution in [-0.4, -0.2) is 16.1 Å². The molecule has 3 N–H and O–H groups in total. The van der Waals surface area contributed by atoms with Gasteiger partial charge in [-0.05, 0) is 29.2 Å². The summed E-state index contributed by atoms with van der Waals surface area (Å²) in [6.07, 6.45) is 0. The van der Waals surface area contributed by atoms with E-state index in [0.29, 0.717) is 17.3 Å². The Morgan fingerprint density at radius 3 is 2.80 bits per heavy atom. The number of anilines is 1. The van der Waals surface area contributed by atoms with Gasteiger partial charge in [0.1, 0.15) is 0 Å². The molecule has 5 nitrogen and oxygen atoms in total. The highest BCUT2D eigenvalue weighted by molar-refractivity contribution is 6.03. The molecule has 2 aromatic rings. The van der Waals surface area contributed by atoms with Crippen molar-refractivity contribution in [3.05, 3.63) is 46.6 Å². The molecule has 2 heterocycles. The smallest absolute Gasteiger partial charge is 0.256 e. The number of aromatic nitrogens is 2. The SMILES string of the molecule is CC(C)c1cc(NC(=O)c2ccc3c(c2)CNC3)n[nH]1. The highest BCUT2D eigenvalue weighted by Crippen LogP contribution is 2.19. The van der Waals surface area contributed by atoms with Crippen LogP contribution in [0.5, 0.6) is 0 Å². The number of aromatic amines is 1. The van der Waals surface area contributed by atoms with Crippen LogP contribution in [0.4, 0.5) is 5.82 Å². The Kier molecular flexibility index (Phi) is 3.28. The molecular formula is C15H18N4O. The van der Waals surface area contributed by atoms with Crippen LogP contribution >= 0.6 is 0 Å². The van der Waals surface area contributed by atoms with Crippen molar-refractivity contribution in [1.29, 1.82) is 0 Å². The lowest BCUT2D eigenvalue weighted by atomic mass is 10.1. The van der Waals surface area contributed by atoms with E-state index in [2.05, 4.69) is 34.7 Å². The van der Waals surface area contributed by atoms with Gasteiger partial charge in [0.2, 0.25) is 0 Å². The number of carbonyl (C=O) groups is 1. The fourth-order valence-electron chi connectivity index (χ4n) is 2.32. The van der Waals surface area contributed by atoms with Crippen molar-refractivity contribution in [2.45, 2.75) is 32.9 Å². The second-order valence-corrected chi connectivity index (χ2v) is 5.40. The highest BCUT2D eigenvalue weighted by atomic mass is 16.1.